The van der Waals surface area contributed by atoms with Crippen molar-refractivity contribution in [3.63, 3.8) is 0 Å². The molecule has 3 aromatic heterocycles. The third-order valence-corrected chi connectivity index (χ3v) is 16.8. The number of rotatable bonds is 18. The maximum atomic E-state index is 3.47. The summed E-state index contributed by atoms with van der Waals surface area (Å²) in [4.78, 5) is 7.43. The number of hydrogen-bond donors (Lipinski definition) is 0. The minimum absolute atomic E-state index is 0.546. The molecular weight excluding hydrogens is 1190 g/mol. The van der Waals surface area contributed by atoms with Gasteiger partial charge in [0.1, 0.15) is 19.6 Å². The number of aryl methyl sites for hydroxylation is 3. The molecule has 0 saturated carbocycles. The Morgan fingerprint density at radius 2 is 0.630 bits per heavy atom. The first-order valence-corrected chi connectivity index (χ1v) is 33.1. The van der Waals surface area contributed by atoms with E-state index in [0.29, 0.717) is 18.1 Å². The monoisotopic (exact) mass is 1270 g/mol. The predicted octanol–water partition coefficient (Wildman–Crippen LogP) is 13.6. The summed E-state index contributed by atoms with van der Waals surface area (Å²) in [7, 11) is 6.73. The second-order valence-corrected chi connectivity index (χ2v) is 24.0. The highest BCUT2D eigenvalue weighted by Crippen LogP contribution is 2.31. The lowest BCUT2D eigenvalue weighted by molar-refractivity contribution is -0.697. The number of aromatic nitrogens is 3. The minimum atomic E-state index is 0.546. The molecule has 3 aliphatic heterocycles. The molecular formula is C72H84Br3N6+3. The topological polar surface area (TPSA) is 21.4 Å². The standard InChI is InChI=1S/C51H63N6.C21H21Br3/c1-52-28-16-25-49(52)46-22-13-34-55(40-46)31-10-4-7-19-43-37-44(20-8-5-11-32-56-35-14-23-47(41-56)50-26-17-29-53(50)2)39-45(38-43)21-9-6-12-33-57-36-15-24-48(42-57)51-27-18-30-54(51)3;22-13-7-1-4-10-19-16-20(11-5-2-8-14-23)18-21(17-19)12-6-3-9-15-24/h13-15,22-24,34-42,49-51H,4-6,10-12,16-18,25-33H2,1-3H3;16-18H,1-3,7-9,13-15H2/q+3;/t49-,50-,51-;/m0./s1. The highest BCUT2D eigenvalue weighted by atomic mass is 79.9. The van der Waals surface area contributed by atoms with E-state index in [0.717, 1.165) is 146 Å². The summed E-state index contributed by atoms with van der Waals surface area (Å²) in [5.41, 5.74) is 10.3. The van der Waals surface area contributed by atoms with Gasteiger partial charge in [-0.05, 0) is 153 Å². The summed E-state index contributed by atoms with van der Waals surface area (Å²) in [6, 6.07) is 27.7. The van der Waals surface area contributed by atoms with Crippen LogP contribution < -0.4 is 13.7 Å². The number of benzene rings is 2. The first-order chi connectivity index (χ1) is 39.8. The average Bonchev–Trinajstić information content (AvgIpc) is 4.25. The molecule has 9 heteroatoms. The summed E-state index contributed by atoms with van der Waals surface area (Å²) < 4.78 is 7.00. The maximum absolute atomic E-state index is 3.47. The van der Waals surface area contributed by atoms with E-state index in [9.17, 15) is 0 Å². The van der Waals surface area contributed by atoms with Gasteiger partial charge in [-0.15, -0.1) is 0 Å². The van der Waals surface area contributed by atoms with Gasteiger partial charge >= 0.3 is 0 Å². The van der Waals surface area contributed by atoms with Crippen molar-refractivity contribution in [3.05, 3.63) is 160 Å². The van der Waals surface area contributed by atoms with Crippen LogP contribution in [0.2, 0.25) is 0 Å². The van der Waals surface area contributed by atoms with Gasteiger partial charge in [0.15, 0.2) is 37.2 Å². The van der Waals surface area contributed by atoms with Crippen LogP contribution in [0.25, 0.3) is 0 Å². The molecule has 0 spiro atoms. The van der Waals surface area contributed by atoms with Gasteiger partial charge in [-0.1, -0.05) is 119 Å². The van der Waals surface area contributed by atoms with Crippen LogP contribution in [0.1, 0.15) is 184 Å². The summed E-state index contributed by atoms with van der Waals surface area (Å²) in [5.74, 6) is 40.2. The molecule has 0 radical (unpaired) electrons. The zero-order chi connectivity index (χ0) is 56.7. The van der Waals surface area contributed by atoms with Crippen LogP contribution in [0, 0.1) is 71.0 Å². The lowest BCUT2D eigenvalue weighted by atomic mass is 10.1. The van der Waals surface area contributed by atoms with Crippen LogP contribution >= 0.6 is 47.8 Å². The van der Waals surface area contributed by atoms with Crippen LogP contribution in [-0.4, -0.2) is 71.5 Å². The van der Waals surface area contributed by atoms with Gasteiger partial charge in [0.2, 0.25) is 0 Å². The first kappa shape index (κ1) is 63.2. The zero-order valence-corrected chi connectivity index (χ0v) is 53.3. The van der Waals surface area contributed by atoms with Crippen LogP contribution in [0.5, 0.6) is 0 Å². The van der Waals surface area contributed by atoms with E-state index in [-0.39, 0.29) is 0 Å². The molecule has 0 aliphatic carbocycles. The zero-order valence-electron chi connectivity index (χ0n) is 48.5. The van der Waals surface area contributed by atoms with Gasteiger partial charge in [0.05, 0.1) is 0 Å². The Morgan fingerprint density at radius 3 is 0.852 bits per heavy atom. The van der Waals surface area contributed by atoms with Crippen LogP contribution in [0.15, 0.2) is 110 Å². The second kappa shape index (κ2) is 36.2. The number of pyridine rings is 3. The van der Waals surface area contributed by atoms with E-state index in [2.05, 4.69) is 278 Å². The molecule has 81 heavy (non-hydrogen) atoms. The summed E-state index contributed by atoms with van der Waals surface area (Å²) in [5, 5.41) is 2.97. The SMILES string of the molecule is BrCCCC#Cc1cc(C#CCCCBr)cc(C#CCCCBr)c1.CN1CCC[C@H]1c1ccc[n+](CCCC#Cc2cc(C#CCCC[n+]3cccc([C@@H]4CCCN4C)c3)cc(C#CCCC[n+]3cccc([C@@H]4CCCN4C)c3)c2)c1. The van der Waals surface area contributed by atoms with Crippen molar-refractivity contribution in [2.24, 2.45) is 0 Å². The van der Waals surface area contributed by atoms with Gasteiger partial charge < -0.3 is 0 Å². The van der Waals surface area contributed by atoms with Crippen molar-refractivity contribution in [1.29, 1.82) is 0 Å². The van der Waals surface area contributed by atoms with Gasteiger partial charge in [-0.3, -0.25) is 14.7 Å². The number of hydrogen-bond acceptors (Lipinski definition) is 3. The first-order valence-electron chi connectivity index (χ1n) is 29.8. The molecule has 0 bridgehead atoms. The number of unbranched alkanes of at least 4 members (excludes halogenated alkanes) is 6. The molecule has 2 aromatic carbocycles. The van der Waals surface area contributed by atoms with Crippen molar-refractivity contribution < 1.29 is 13.7 Å². The Hall–Kier alpha value is -5.43. The molecule has 0 amide bonds. The van der Waals surface area contributed by atoms with Crippen molar-refractivity contribution in [2.75, 3.05) is 56.8 Å². The molecule has 3 atom stereocenters. The van der Waals surface area contributed by atoms with E-state index in [1.54, 1.807) is 0 Å². The molecule has 420 valence electrons. The lowest BCUT2D eigenvalue weighted by Crippen LogP contribution is -2.34. The van der Waals surface area contributed by atoms with Crippen LogP contribution in [0.4, 0.5) is 0 Å². The lowest BCUT2D eigenvalue weighted by Gasteiger charge is -2.18. The van der Waals surface area contributed by atoms with Crippen LogP contribution in [-0.2, 0) is 19.6 Å². The Bertz CT molecular complexity index is 2830. The third kappa shape index (κ3) is 22.3. The fourth-order valence-electron chi connectivity index (χ4n) is 10.8. The predicted molar refractivity (Wildman–Crippen MR) is 345 cm³/mol. The molecule has 3 fully saturated rings. The van der Waals surface area contributed by atoms with Gasteiger partial charge in [0, 0.05) is 160 Å². The molecule has 0 N–H and O–H groups in total. The number of alkyl halides is 3. The van der Waals surface area contributed by atoms with Gasteiger partial charge in [-0.2, -0.15) is 0 Å². The minimum Gasteiger partial charge on any atom is -0.299 e. The second-order valence-electron chi connectivity index (χ2n) is 21.6. The van der Waals surface area contributed by atoms with Crippen LogP contribution in [0.3, 0.4) is 0 Å². The molecule has 0 unspecified atom stereocenters. The van der Waals surface area contributed by atoms with Gasteiger partial charge in [0.25, 0.3) is 0 Å². The smallest absolute Gasteiger partial charge is 0.173 e. The molecule has 3 aliphatic rings. The molecule has 6 heterocycles. The number of likely N-dealkylation sites (tertiary alicyclic amines) is 3. The number of nitrogens with zero attached hydrogens (tertiary/aromatic N) is 6. The maximum Gasteiger partial charge on any atom is 0.173 e. The third-order valence-electron chi connectivity index (χ3n) is 15.1. The highest BCUT2D eigenvalue weighted by molar-refractivity contribution is 9.09. The van der Waals surface area contributed by atoms with E-state index >= 15 is 0 Å². The summed E-state index contributed by atoms with van der Waals surface area (Å²) in [6.45, 7) is 6.49. The molecule has 3 saturated heterocycles. The molecule has 6 nitrogen and oxygen atoms in total. The quantitative estimate of drug-likeness (QED) is 0.0378. The highest BCUT2D eigenvalue weighted by Gasteiger charge is 2.26. The van der Waals surface area contributed by atoms with Crippen molar-refractivity contribution >= 4 is 47.8 Å². The number of halogens is 3. The molecule has 8 rings (SSSR count). The fraction of sp³-hybridized carbons (Fsp3) is 0.458. The van der Waals surface area contributed by atoms with E-state index in [4.69, 9.17) is 0 Å². The average molecular weight is 1270 g/mol. The van der Waals surface area contributed by atoms with Crippen molar-refractivity contribution in [1.82, 2.24) is 14.7 Å². The Balaban J connectivity index is 0.000000331. The van der Waals surface area contributed by atoms with E-state index in [1.807, 2.05) is 0 Å². The van der Waals surface area contributed by atoms with Crippen molar-refractivity contribution in [3.8, 4) is 71.0 Å². The molecule has 5 aromatic rings. The van der Waals surface area contributed by atoms with E-state index < -0.39 is 0 Å². The summed E-state index contributed by atoms with van der Waals surface area (Å²) in [6.07, 6.45) is 32.7. The normalized spacial score (nSPS) is 16.6. The van der Waals surface area contributed by atoms with Crippen molar-refractivity contribution in [2.45, 2.75) is 153 Å². The van der Waals surface area contributed by atoms with Gasteiger partial charge in [-0.25, -0.2) is 13.7 Å². The fourth-order valence-corrected chi connectivity index (χ4v) is 11.7. The summed E-state index contributed by atoms with van der Waals surface area (Å²) >= 11 is 10.3. The Labute approximate surface area is 513 Å². The van der Waals surface area contributed by atoms with E-state index in [1.165, 1.54) is 74.8 Å². The Morgan fingerprint density at radius 1 is 0.383 bits per heavy atom. The Kier molecular flexibility index (Phi) is 28.2. The largest absolute Gasteiger partial charge is 0.299 e.